The summed E-state index contributed by atoms with van der Waals surface area (Å²) in [7, 11) is 0. The maximum atomic E-state index is 10.9. The molecule has 0 amide bonds. The third-order valence-corrected chi connectivity index (χ3v) is 4.15. The normalized spacial score (nSPS) is 11.2. The Kier molecular flexibility index (Phi) is 4.51. The largest absolute Gasteiger partial charge is 0.478 e. The van der Waals surface area contributed by atoms with Gasteiger partial charge in [-0.25, -0.2) is 19.4 Å². The first-order chi connectivity index (χ1) is 13.6. The summed E-state index contributed by atoms with van der Waals surface area (Å²) in [6, 6.07) is 14.4. The highest BCUT2D eigenvalue weighted by molar-refractivity contribution is 5.90. The van der Waals surface area contributed by atoms with Crippen LogP contribution in [-0.4, -0.2) is 37.0 Å². The fourth-order valence-electron chi connectivity index (χ4n) is 2.76. The maximum absolute atomic E-state index is 10.9. The number of aryl methyl sites for hydroxylation is 1. The van der Waals surface area contributed by atoms with Crippen LogP contribution >= 0.6 is 0 Å². The van der Waals surface area contributed by atoms with Crippen LogP contribution in [0.15, 0.2) is 66.2 Å². The van der Waals surface area contributed by atoms with Crippen LogP contribution < -0.4 is 5.43 Å². The number of aromatic nitrogens is 4. The fraction of sp³-hybridized carbons (Fsp3) is 0.0500. The van der Waals surface area contributed by atoms with Gasteiger partial charge in [0.15, 0.2) is 11.5 Å². The van der Waals surface area contributed by atoms with Crippen LogP contribution in [0, 0.1) is 6.92 Å². The second-order valence-electron chi connectivity index (χ2n) is 6.15. The number of carboxylic acid groups (broad SMARTS) is 1. The molecule has 2 N–H and O–H groups in total. The number of fused-ring (bicyclic) bond motifs is 1. The van der Waals surface area contributed by atoms with Crippen molar-refractivity contribution < 1.29 is 9.90 Å². The quantitative estimate of drug-likeness (QED) is 0.411. The summed E-state index contributed by atoms with van der Waals surface area (Å²) in [6.45, 7) is 2.02. The van der Waals surface area contributed by atoms with Gasteiger partial charge in [0, 0.05) is 0 Å². The topological polar surface area (TPSA) is 105 Å². The molecule has 0 saturated heterocycles. The van der Waals surface area contributed by atoms with Crippen LogP contribution in [0.25, 0.3) is 16.7 Å². The Morgan fingerprint density at radius 3 is 2.75 bits per heavy atom. The Morgan fingerprint density at radius 2 is 2.00 bits per heavy atom. The van der Waals surface area contributed by atoms with Gasteiger partial charge >= 0.3 is 5.97 Å². The van der Waals surface area contributed by atoms with Gasteiger partial charge in [-0.1, -0.05) is 24.3 Å². The van der Waals surface area contributed by atoms with Gasteiger partial charge in [0.25, 0.3) is 0 Å². The van der Waals surface area contributed by atoms with E-state index in [-0.39, 0.29) is 5.56 Å². The van der Waals surface area contributed by atoms with Gasteiger partial charge in [-0.15, -0.1) is 0 Å². The zero-order valence-electron chi connectivity index (χ0n) is 14.9. The molecule has 2 aromatic carbocycles. The summed E-state index contributed by atoms with van der Waals surface area (Å²) in [5.41, 5.74) is 6.61. The van der Waals surface area contributed by atoms with Crippen molar-refractivity contribution >= 4 is 29.0 Å². The summed E-state index contributed by atoms with van der Waals surface area (Å²) in [5, 5.41) is 18.3. The molecule has 0 aliphatic heterocycles. The summed E-state index contributed by atoms with van der Waals surface area (Å²) in [4.78, 5) is 19.5. The molecule has 2 heterocycles. The fourth-order valence-corrected chi connectivity index (χ4v) is 2.76. The number of carbonyl (C=O) groups is 1. The molecule has 8 nitrogen and oxygen atoms in total. The Hall–Kier alpha value is -4.07. The predicted octanol–water partition coefficient (Wildman–Crippen LogP) is 3.27. The molecule has 0 spiro atoms. The van der Waals surface area contributed by atoms with Crippen LogP contribution in [0.5, 0.6) is 0 Å². The van der Waals surface area contributed by atoms with Gasteiger partial charge in [0.1, 0.15) is 6.33 Å². The Balaban J connectivity index is 1.59. The summed E-state index contributed by atoms with van der Waals surface area (Å²) >= 11 is 0. The van der Waals surface area contributed by atoms with Crippen LogP contribution in [-0.2, 0) is 0 Å². The standard InChI is InChI=1S/C20H16N6O2/c1-13-3-2-4-16(9-13)26-19-17(11-24-26)18(21-12-22-19)25-23-10-14-5-7-15(8-6-14)20(27)28/h2-12H,1H3,(H,27,28)(H,21,22,25)/b23-10+. The van der Waals surface area contributed by atoms with Crippen molar-refractivity contribution in [1.29, 1.82) is 0 Å². The number of hydrazone groups is 1. The summed E-state index contributed by atoms with van der Waals surface area (Å²) < 4.78 is 1.75. The van der Waals surface area contributed by atoms with E-state index in [1.54, 1.807) is 29.2 Å². The number of rotatable bonds is 5. The SMILES string of the molecule is Cc1cccc(-n2ncc3c(N/N=C/c4ccc(C(=O)O)cc4)ncnc32)c1. The van der Waals surface area contributed by atoms with E-state index in [1.807, 2.05) is 31.2 Å². The molecule has 0 unspecified atom stereocenters. The molecule has 0 radical (unpaired) electrons. The lowest BCUT2D eigenvalue weighted by Crippen LogP contribution is -2.00. The van der Waals surface area contributed by atoms with E-state index >= 15 is 0 Å². The Labute approximate surface area is 160 Å². The smallest absolute Gasteiger partial charge is 0.335 e. The van der Waals surface area contributed by atoms with E-state index in [1.165, 1.54) is 18.5 Å². The molecule has 4 aromatic rings. The number of benzene rings is 2. The average molecular weight is 372 g/mol. The van der Waals surface area contributed by atoms with E-state index in [9.17, 15) is 4.79 Å². The molecule has 0 atom stereocenters. The monoisotopic (exact) mass is 372 g/mol. The van der Waals surface area contributed by atoms with Crippen LogP contribution in [0.1, 0.15) is 21.5 Å². The molecular weight excluding hydrogens is 356 g/mol. The number of nitrogens with zero attached hydrogens (tertiary/aromatic N) is 5. The first-order valence-corrected chi connectivity index (χ1v) is 8.50. The van der Waals surface area contributed by atoms with Crippen molar-refractivity contribution in [3.05, 3.63) is 77.7 Å². The Morgan fingerprint density at radius 1 is 1.18 bits per heavy atom. The van der Waals surface area contributed by atoms with E-state index < -0.39 is 5.97 Å². The van der Waals surface area contributed by atoms with Crippen molar-refractivity contribution in [2.24, 2.45) is 5.10 Å². The first kappa shape index (κ1) is 17.3. The van der Waals surface area contributed by atoms with E-state index in [4.69, 9.17) is 5.11 Å². The highest BCUT2D eigenvalue weighted by Crippen LogP contribution is 2.22. The van der Waals surface area contributed by atoms with Crippen LogP contribution in [0.4, 0.5) is 5.82 Å². The van der Waals surface area contributed by atoms with Crippen LogP contribution in [0.3, 0.4) is 0 Å². The zero-order chi connectivity index (χ0) is 19.5. The van der Waals surface area contributed by atoms with Crippen LogP contribution in [0.2, 0.25) is 0 Å². The maximum Gasteiger partial charge on any atom is 0.335 e. The minimum atomic E-state index is -0.962. The zero-order valence-corrected chi connectivity index (χ0v) is 14.9. The minimum Gasteiger partial charge on any atom is -0.478 e. The van der Waals surface area contributed by atoms with Gasteiger partial charge in [-0.3, -0.25) is 5.43 Å². The van der Waals surface area contributed by atoms with Gasteiger partial charge in [0.2, 0.25) is 0 Å². The van der Waals surface area contributed by atoms with E-state index in [0.717, 1.165) is 22.2 Å². The lowest BCUT2D eigenvalue weighted by Gasteiger charge is -2.04. The molecular formula is C20H16N6O2. The van der Waals surface area contributed by atoms with Crippen molar-refractivity contribution in [3.63, 3.8) is 0 Å². The van der Waals surface area contributed by atoms with Gasteiger partial charge in [-0.05, 0) is 42.3 Å². The van der Waals surface area contributed by atoms with E-state index in [0.29, 0.717) is 11.5 Å². The molecule has 2 aromatic heterocycles. The number of hydrogen-bond donors (Lipinski definition) is 2. The molecule has 4 rings (SSSR count). The number of anilines is 1. The molecule has 0 aliphatic carbocycles. The molecule has 0 aliphatic rings. The number of carboxylic acids is 1. The van der Waals surface area contributed by atoms with Crippen molar-refractivity contribution in [1.82, 2.24) is 19.7 Å². The van der Waals surface area contributed by atoms with Gasteiger partial charge in [0.05, 0.1) is 29.0 Å². The van der Waals surface area contributed by atoms with Crippen molar-refractivity contribution in [3.8, 4) is 5.69 Å². The lowest BCUT2D eigenvalue weighted by atomic mass is 10.1. The molecule has 0 bridgehead atoms. The highest BCUT2D eigenvalue weighted by atomic mass is 16.4. The number of aromatic carboxylic acids is 1. The second-order valence-corrected chi connectivity index (χ2v) is 6.15. The predicted molar refractivity (Wildman–Crippen MR) is 106 cm³/mol. The van der Waals surface area contributed by atoms with Gasteiger partial charge in [-0.2, -0.15) is 10.2 Å². The van der Waals surface area contributed by atoms with Crippen molar-refractivity contribution in [2.75, 3.05) is 5.43 Å². The lowest BCUT2D eigenvalue weighted by molar-refractivity contribution is 0.0697. The first-order valence-electron chi connectivity index (χ1n) is 8.50. The third-order valence-electron chi connectivity index (χ3n) is 4.15. The average Bonchev–Trinajstić information content (AvgIpc) is 3.13. The highest BCUT2D eigenvalue weighted by Gasteiger charge is 2.10. The molecule has 8 heteroatoms. The molecule has 138 valence electrons. The summed E-state index contributed by atoms with van der Waals surface area (Å²) in [6.07, 6.45) is 4.73. The van der Waals surface area contributed by atoms with Crippen molar-refractivity contribution in [2.45, 2.75) is 6.92 Å². The second kappa shape index (κ2) is 7.28. The third kappa shape index (κ3) is 3.43. The molecule has 0 fully saturated rings. The number of hydrogen-bond acceptors (Lipinski definition) is 6. The summed E-state index contributed by atoms with van der Waals surface area (Å²) in [5.74, 6) is -0.432. The van der Waals surface area contributed by atoms with Gasteiger partial charge < -0.3 is 5.11 Å². The molecule has 0 saturated carbocycles. The minimum absolute atomic E-state index is 0.228. The molecule has 28 heavy (non-hydrogen) atoms. The Bertz CT molecular complexity index is 1180. The van der Waals surface area contributed by atoms with E-state index in [2.05, 4.69) is 25.6 Å². The number of nitrogens with one attached hydrogen (secondary N) is 1.